The van der Waals surface area contributed by atoms with Crippen molar-refractivity contribution in [2.45, 2.75) is 139 Å². The molecule has 4 aliphatic rings. The van der Waals surface area contributed by atoms with Crippen molar-refractivity contribution in [2.24, 2.45) is 16.7 Å². The van der Waals surface area contributed by atoms with E-state index in [4.69, 9.17) is 23.7 Å². The Morgan fingerprint density at radius 3 is 2.36 bits per heavy atom. The van der Waals surface area contributed by atoms with Crippen molar-refractivity contribution in [3.63, 3.8) is 0 Å². The highest BCUT2D eigenvalue weighted by Gasteiger charge is 2.85. The summed E-state index contributed by atoms with van der Waals surface area (Å²) < 4.78 is 31.1. The van der Waals surface area contributed by atoms with Crippen LogP contribution in [0.3, 0.4) is 0 Å². The predicted molar refractivity (Wildman–Crippen MR) is 150 cm³/mol. The molecule has 2 saturated carbocycles. The quantitative estimate of drug-likeness (QED) is 0.252. The zero-order valence-electron chi connectivity index (χ0n) is 24.7. The summed E-state index contributed by atoms with van der Waals surface area (Å²) in [5.74, 6) is -2.65. The summed E-state index contributed by atoms with van der Waals surface area (Å²) in [5, 5.41) is 12.1. The van der Waals surface area contributed by atoms with Gasteiger partial charge in [-0.1, -0.05) is 43.4 Å². The third-order valence-corrected chi connectivity index (χ3v) is 11.8. The number of hydrogen-bond acceptors (Lipinski definition) is 9. The van der Waals surface area contributed by atoms with E-state index in [0.29, 0.717) is 19.4 Å². The van der Waals surface area contributed by atoms with Gasteiger partial charge in [-0.05, 0) is 59.3 Å². The maximum atomic E-state index is 14.8. The average Bonchev–Trinajstić information content (AvgIpc) is 2.78. The Morgan fingerprint density at radius 2 is 1.77 bits per heavy atom. The van der Waals surface area contributed by atoms with Crippen molar-refractivity contribution in [2.75, 3.05) is 6.61 Å². The van der Waals surface area contributed by atoms with Crippen LogP contribution in [-0.2, 0) is 38.1 Å². The first-order valence-corrected chi connectivity index (χ1v) is 15.3. The van der Waals surface area contributed by atoms with E-state index in [0.717, 1.165) is 6.42 Å². The monoisotopic (exact) mass is 664 g/mol. The first-order chi connectivity index (χ1) is 17.8. The highest BCUT2D eigenvalue weighted by Crippen LogP contribution is 2.71. The van der Waals surface area contributed by atoms with Crippen molar-refractivity contribution < 1.29 is 43.2 Å². The Balaban J connectivity index is 1.89. The molecular formula is C29H45IO9. The Hall–Kier alpha value is -0.820. The van der Waals surface area contributed by atoms with Gasteiger partial charge >= 0.3 is 11.9 Å². The van der Waals surface area contributed by atoms with E-state index in [9.17, 15) is 19.5 Å². The molecule has 39 heavy (non-hydrogen) atoms. The van der Waals surface area contributed by atoms with Crippen LogP contribution in [0.1, 0.15) is 94.4 Å². The van der Waals surface area contributed by atoms with Crippen LogP contribution in [-0.4, -0.2) is 74.3 Å². The van der Waals surface area contributed by atoms with E-state index in [1.165, 1.54) is 6.92 Å². The van der Waals surface area contributed by atoms with Crippen molar-refractivity contribution in [3.05, 3.63) is 0 Å². The number of halogens is 1. The van der Waals surface area contributed by atoms with E-state index < -0.39 is 57.5 Å². The summed E-state index contributed by atoms with van der Waals surface area (Å²) in [6.45, 7) is 16.7. The van der Waals surface area contributed by atoms with E-state index in [2.05, 4.69) is 36.4 Å². The number of carbonyl (C=O) groups excluding carboxylic acids is 3. The summed E-state index contributed by atoms with van der Waals surface area (Å²) in [7, 11) is 0. The summed E-state index contributed by atoms with van der Waals surface area (Å²) in [6, 6.07) is 0. The fraction of sp³-hybridized carbons (Fsp3) is 0.897. The van der Waals surface area contributed by atoms with Gasteiger partial charge in [-0.3, -0.25) is 14.4 Å². The summed E-state index contributed by atoms with van der Waals surface area (Å²) in [4.78, 5) is 39.5. The van der Waals surface area contributed by atoms with Gasteiger partial charge in [-0.25, -0.2) is 0 Å². The Morgan fingerprint density at radius 1 is 1.13 bits per heavy atom. The van der Waals surface area contributed by atoms with Crippen molar-refractivity contribution in [1.82, 2.24) is 0 Å². The van der Waals surface area contributed by atoms with Crippen LogP contribution in [0.2, 0.25) is 0 Å². The van der Waals surface area contributed by atoms with Crippen molar-refractivity contribution in [1.29, 1.82) is 0 Å². The first-order valence-electron chi connectivity index (χ1n) is 14.1. The van der Waals surface area contributed by atoms with Gasteiger partial charge in [0, 0.05) is 35.0 Å². The lowest BCUT2D eigenvalue weighted by atomic mass is 9.39. The summed E-state index contributed by atoms with van der Waals surface area (Å²) >= 11 is 2.22. The fourth-order valence-electron chi connectivity index (χ4n) is 8.64. The van der Waals surface area contributed by atoms with Gasteiger partial charge in [0.25, 0.3) is 0 Å². The van der Waals surface area contributed by atoms with Gasteiger partial charge in [0.05, 0.1) is 24.4 Å². The number of alkyl halides is 1. The molecule has 9 atom stereocenters. The van der Waals surface area contributed by atoms with Crippen LogP contribution in [0.5, 0.6) is 0 Å². The fourth-order valence-corrected chi connectivity index (χ4v) is 9.30. The lowest BCUT2D eigenvalue weighted by Gasteiger charge is -2.75. The number of ether oxygens (including phenoxy) is 5. The first kappa shape index (κ1) is 31.1. The summed E-state index contributed by atoms with van der Waals surface area (Å²) in [6.07, 6.45) is -0.591. The second kappa shape index (κ2) is 9.88. The number of rotatable bonds is 6. The minimum Gasteiger partial charge on any atom is -0.466 e. The number of aliphatic hydroxyl groups is 1. The highest BCUT2D eigenvalue weighted by atomic mass is 127. The largest absolute Gasteiger partial charge is 0.466 e. The minimum atomic E-state index is -1.56. The molecule has 2 heterocycles. The molecule has 0 radical (unpaired) electrons. The second-order valence-corrected chi connectivity index (χ2v) is 15.0. The van der Waals surface area contributed by atoms with Gasteiger partial charge in [-0.2, -0.15) is 0 Å². The molecule has 8 unspecified atom stereocenters. The van der Waals surface area contributed by atoms with Gasteiger partial charge in [-0.15, -0.1) is 0 Å². The number of esters is 2. The highest BCUT2D eigenvalue weighted by molar-refractivity contribution is 14.1. The number of hydrogen-bond donors (Lipinski definition) is 1. The molecule has 0 amide bonds. The molecule has 222 valence electrons. The molecule has 1 spiro atoms. The zero-order chi connectivity index (χ0) is 29.4. The molecule has 9 nitrogen and oxygen atoms in total. The average molecular weight is 665 g/mol. The lowest BCUT2D eigenvalue weighted by molar-refractivity contribution is -0.464. The van der Waals surface area contributed by atoms with Gasteiger partial charge in [0.15, 0.2) is 23.3 Å². The Kier molecular flexibility index (Phi) is 7.89. The Bertz CT molecular complexity index is 1030. The predicted octanol–water partition coefficient (Wildman–Crippen LogP) is 4.28. The number of aliphatic hydroxyl groups excluding tert-OH is 1. The van der Waals surface area contributed by atoms with Gasteiger partial charge in [0.1, 0.15) is 5.60 Å². The van der Waals surface area contributed by atoms with Gasteiger partial charge < -0.3 is 28.8 Å². The van der Waals surface area contributed by atoms with Crippen LogP contribution in [0.25, 0.3) is 0 Å². The molecule has 2 aliphatic carbocycles. The van der Waals surface area contributed by atoms with Crippen LogP contribution in [0.15, 0.2) is 0 Å². The standard InChI is InChI=1S/C29H45IO9/c1-10-35-20(33)12-11-17(30)26(7)15-18(32)29-27(8)19(37-25(5,6)38-29)13-14-24(3,4)22(27)21(34)23(36-16(2)31)28(29,9)39-26/h17,19,21-23,34H,10-15H2,1-9H3/t17-,19?,21?,22?,23?,26?,27?,28?,29?/m0/s1. The van der Waals surface area contributed by atoms with E-state index in [1.54, 1.807) is 27.7 Å². The third-order valence-electron chi connectivity index (χ3n) is 9.90. The number of Topliss-reactive ketones (excluding diaryl/α,β-unsaturated/α-hetero) is 1. The molecule has 0 aromatic rings. The molecular weight excluding hydrogens is 619 g/mol. The molecule has 2 saturated heterocycles. The molecule has 4 rings (SSSR count). The van der Waals surface area contributed by atoms with Crippen LogP contribution in [0, 0.1) is 16.7 Å². The maximum Gasteiger partial charge on any atom is 0.305 e. The zero-order valence-corrected chi connectivity index (χ0v) is 26.9. The molecule has 4 fully saturated rings. The number of carbonyl (C=O) groups is 3. The SMILES string of the molecule is CCOC(=O)CC[C@H](I)C1(C)CC(=O)C23OC(C)(C)OC4CCC(C)(C)C(C(O)C(OC(C)=O)C2(C)O1)C43C. The van der Waals surface area contributed by atoms with E-state index >= 15 is 0 Å². The van der Waals surface area contributed by atoms with Crippen LogP contribution < -0.4 is 0 Å². The maximum absolute atomic E-state index is 14.8. The molecule has 10 heteroatoms. The van der Waals surface area contributed by atoms with Crippen molar-refractivity contribution in [3.8, 4) is 0 Å². The minimum absolute atomic E-state index is 0.0352. The second-order valence-electron chi connectivity index (χ2n) is 13.5. The van der Waals surface area contributed by atoms with Gasteiger partial charge in [0.2, 0.25) is 0 Å². The van der Waals surface area contributed by atoms with Crippen molar-refractivity contribution >= 4 is 40.3 Å². The van der Waals surface area contributed by atoms with E-state index in [-0.39, 0.29) is 34.6 Å². The molecule has 0 bridgehead atoms. The van der Waals surface area contributed by atoms with Crippen LogP contribution in [0.4, 0.5) is 0 Å². The molecule has 2 aliphatic heterocycles. The Labute approximate surface area is 245 Å². The lowest BCUT2D eigenvalue weighted by Crippen LogP contribution is -2.90. The molecule has 1 N–H and O–H groups in total. The number of ketones is 1. The smallest absolute Gasteiger partial charge is 0.305 e. The molecule has 0 aromatic carbocycles. The third kappa shape index (κ3) is 4.49. The normalized spacial score (nSPS) is 44.9. The summed E-state index contributed by atoms with van der Waals surface area (Å²) in [5.41, 5.74) is -5.52. The van der Waals surface area contributed by atoms with E-state index in [1.807, 2.05) is 13.8 Å². The molecule has 0 aromatic heterocycles. The topological polar surface area (TPSA) is 118 Å². The van der Waals surface area contributed by atoms with Crippen LogP contribution >= 0.6 is 22.6 Å².